The Bertz CT molecular complexity index is 1260. The Balaban J connectivity index is 1.39. The van der Waals surface area contributed by atoms with E-state index in [-0.39, 0.29) is 17.9 Å². The lowest BCUT2D eigenvalue weighted by Gasteiger charge is -2.41. The highest BCUT2D eigenvalue weighted by Gasteiger charge is 2.38. The van der Waals surface area contributed by atoms with Crippen LogP contribution in [0.2, 0.25) is 0 Å². The second kappa shape index (κ2) is 10.9. The number of benzene rings is 1. The van der Waals surface area contributed by atoms with Crippen LogP contribution in [0.5, 0.6) is 0 Å². The molecular weight excluding hydrogens is 472 g/mol. The van der Waals surface area contributed by atoms with Crippen LogP contribution in [0.4, 0.5) is 5.82 Å². The molecule has 196 valence electrons. The summed E-state index contributed by atoms with van der Waals surface area (Å²) in [5.74, 6) is 1.08. The zero-order chi connectivity index (χ0) is 25.9. The summed E-state index contributed by atoms with van der Waals surface area (Å²) in [7, 11) is 0. The third-order valence-corrected chi connectivity index (χ3v) is 7.17. The molecule has 2 saturated heterocycles. The average molecular weight is 507 g/mol. The highest BCUT2D eigenvalue weighted by molar-refractivity contribution is 5.97. The van der Waals surface area contributed by atoms with Gasteiger partial charge in [0.05, 0.1) is 37.1 Å². The number of rotatable bonds is 8. The van der Waals surface area contributed by atoms with Crippen LogP contribution >= 0.6 is 0 Å². The van der Waals surface area contributed by atoms with Crippen LogP contribution in [0.15, 0.2) is 41.0 Å². The van der Waals surface area contributed by atoms with Crippen LogP contribution in [0.3, 0.4) is 0 Å². The fraction of sp³-hybridized carbons (Fsp3) is 0.444. The molecule has 1 unspecified atom stereocenters. The molecule has 1 atom stereocenters. The normalized spacial score (nSPS) is 18.0. The maximum Gasteiger partial charge on any atom is 0.283 e. The molecule has 5 rings (SSSR count). The van der Waals surface area contributed by atoms with Gasteiger partial charge in [0.1, 0.15) is 17.8 Å². The van der Waals surface area contributed by atoms with Crippen molar-refractivity contribution in [3.8, 4) is 0 Å². The molecule has 0 radical (unpaired) electrons. The summed E-state index contributed by atoms with van der Waals surface area (Å²) < 4.78 is 12.2. The van der Waals surface area contributed by atoms with Crippen LogP contribution in [0.25, 0.3) is 0 Å². The van der Waals surface area contributed by atoms with Gasteiger partial charge >= 0.3 is 0 Å². The van der Waals surface area contributed by atoms with Crippen molar-refractivity contribution in [2.24, 2.45) is 5.73 Å². The lowest BCUT2D eigenvalue weighted by molar-refractivity contribution is -0.141. The van der Waals surface area contributed by atoms with E-state index < -0.39 is 0 Å². The van der Waals surface area contributed by atoms with E-state index in [4.69, 9.17) is 20.0 Å². The molecule has 0 saturated carbocycles. The molecule has 2 aliphatic heterocycles. The number of aryl methyl sites for hydroxylation is 1. The number of hydrogen-bond donors (Lipinski definition) is 2. The molecule has 0 aliphatic carbocycles. The standard InChI is InChI=1S/C27H34N6O4/c1-18-13-22(17-37-18)27(35)33-26(29-15-21-5-3-20(14-28)4-6-21)19(2)25(30-33)23-7-8-32(23)24(34)16-31-9-11-36-12-10-31/h3-6,13,17,23,29H,7-12,14-16,28H2,1-2H3. The van der Waals surface area contributed by atoms with Crippen molar-refractivity contribution in [1.29, 1.82) is 0 Å². The van der Waals surface area contributed by atoms with E-state index in [1.807, 2.05) is 36.1 Å². The number of ether oxygens (including phenoxy) is 1. The van der Waals surface area contributed by atoms with Crippen molar-refractivity contribution in [1.82, 2.24) is 19.6 Å². The largest absolute Gasteiger partial charge is 0.469 e. The van der Waals surface area contributed by atoms with Gasteiger partial charge in [-0.05, 0) is 37.5 Å². The number of nitrogens with zero attached hydrogens (tertiary/aromatic N) is 4. The fourth-order valence-electron chi connectivity index (χ4n) is 4.85. The third-order valence-electron chi connectivity index (χ3n) is 7.17. The maximum absolute atomic E-state index is 13.4. The van der Waals surface area contributed by atoms with Gasteiger partial charge in [0.15, 0.2) is 0 Å². The monoisotopic (exact) mass is 506 g/mol. The summed E-state index contributed by atoms with van der Waals surface area (Å²) in [6.45, 7) is 8.64. The second-order valence-electron chi connectivity index (χ2n) is 9.68. The van der Waals surface area contributed by atoms with Gasteiger partial charge in [-0.2, -0.15) is 9.78 Å². The van der Waals surface area contributed by atoms with E-state index in [0.29, 0.717) is 56.5 Å². The molecular formula is C27H34N6O4. The van der Waals surface area contributed by atoms with E-state index in [1.54, 1.807) is 13.0 Å². The molecule has 3 aromatic rings. The summed E-state index contributed by atoms with van der Waals surface area (Å²) in [5, 5.41) is 8.17. The van der Waals surface area contributed by atoms with Gasteiger partial charge in [-0.1, -0.05) is 24.3 Å². The quantitative estimate of drug-likeness (QED) is 0.478. The summed E-state index contributed by atoms with van der Waals surface area (Å²) in [5.41, 5.74) is 9.87. The van der Waals surface area contributed by atoms with E-state index in [9.17, 15) is 9.59 Å². The third kappa shape index (κ3) is 5.31. The SMILES string of the molecule is Cc1cc(C(=O)n2nc(C3CCN3C(=O)CN3CCOCC3)c(C)c2NCc2ccc(CN)cc2)co1. The Morgan fingerprint density at radius 3 is 2.46 bits per heavy atom. The number of furan rings is 1. The highest BCUT2D eigenvalue weighted by Crippen LogP contribution is 2.37. The van der Waals surface area contributed by atoms with Gasteiger partial charge in [0, 0.05) is 38.3 Å². The Morgan fingerprint density at radius 1 is 1.11 bits per heavy atom. The molecule has 0 spiro atoms. The lowest BCUT2D eigenvalue weighted by Crippen LogP contribution is -2.51. The van der Waals surface area contributed by atoms with Gasteiger partial charge in [0.2, 0.25) is 5.91 Å². The molecule has 3 N–H and O–H groups in total. The number of carbonyl (C=O) groups is 2. The Labute approximate surface area is 216 Å². The van der Waals surface area contributed by atoms with Gasteiger partial charge in [-0.25, -0.2) is 0 Å². The smallest absolute Gasteiger partial charge is 0.283 e. The van der Waals surface area contributed by atoms with Gasteiger partial charge < -0.3 is 25.1 Å². The Kier molecular flexibility index (Phi) is 7.40. The first-order chi connectivity index (χ1) is 17.9. The van der Waals surface area contributed by atoms with Gasteiger partial charge in [-0.15, -0.1) is 0 Å². The number of nitrogens with one attached hydrogen (secondary N) is 1. The Morgan fingerprint density at radius 2 is 1.84 bits per heavy atom. The molecule has 0 bridgehead atoms. The summed E-state index contributed by atoms with van der Waals surface area (Å²) in [6.07, 6.45) is 2.26. The van der Waals surface area contributed by atoms with Crippen molar-refractivity contribution in [2.75, 3.05) is 44.7 Å². The molecule has 2 aromatic heterocycles. The van der Waals surface area contributed by atoms with E-state index in [0.717, 1.165) is 41.9 Å². The minimum atomic E-state index is -0.280. The Hall–Kier alpha value is -3.47. The average Bonchev–Trinajstić information content (AvgIpc) is 3.46. The first-order valence-corrected chi connectivity index (χ1v) is 12.7. The number of carbonyl (C=O) groups excluding carboxylic acids is 2. The molecule has 37 heavy (non-hydrogen) atoms. The van der Waals surface area contributed by atoms with E-state index in [1.165, 1.54) is 10.9 Å². The zero-order valence-corrected chi connectivity index (χ0v) is 21.4. The second-order valence-corrected chi connectivity index (χ2v) is 9.68. The molecule has 10 nitrogen and oxygen atoms in total. The van der Waals surface area contributed by atoms with Crippen LogP contribution in [-0.2, 0) is 22.6 Å². The number of anilines is 1. The number of aromatic nitrogens is 2. The van der Waals surface area contributed by atoms with Crippen molar-refractivity contribution in [3.05, 3.63) is 70.3 Å². The molecule has 1 amide bonds. The maximum atomic E-state index is 13.4. The van der Waals surface area contributed by atoms with Crippen LogP contribution in [0.1, 0.15) is 51.0 Å². The number of amides is 1. The summed E-state index contributed by atoms with van der Waals surface area (Å²) in [4.78, 5) is 30.5. The predicted molar refractivity (Wildman–Crippen MR) is 138 cm³/mol. The summed E-state index contributed by atoms with van der Waals surface area (Å²) >= 11 is 0. The number of hydrogen-bond acceptors (Lipinski definition) is 8. The van der Waals surface area contributed by atoms with Crippen molar-refractivity contribution < 1.29 is 18.7 Å². The van der Waals surface area contributed by atoms with Gasteiger partial charge in [0.25, 0.3) is 5.91 Å². The van der Waals surface area contributed by atoms with Gasteiger partial charge in [-0.3, -0.25) is 14.5 Å². The minimum absolute atomic E-state index is 0.0818. The van der Waals surface area contributed by atoms with Crippen LogP contribution < -0.4 is 11.1 Å². The van der Waals surface area contributed by atoms with Crippen molar-refractivity contribution in [3.63, 3.8) is 0 Å². The minimum Gasteiger partial charge on any atom is -0.469 e. The van der Waals surface area contributed by atoms with Crippen molar-refractivity contribution in [2.45, 2.75) is 39.4 Å². The molecule has 1 aromatic carbocycles. The molecule has 10 heteroatoms. The number of morpholine rings is 1. The van der Waals surface area contributed by atoms with E-state index in [2.05, 4.69) is 10.2 Å². The molecule has 2 fully saturated rings. The molecule has 4 heterocycles. The first-order valence-electron chi connectivity index (χ1n) is 12.7. The van der Waals surface area contributed by atoms with Crippen LogP contribution in [-0.4, -0.2) is 70.8 Å². The first kappa shape index (κ1) is 25.2. The predicted octanol–water partition coefficient (Wildman–Crippen LogP) is 2.46. The fourth-order valence-corrected chi connectivity index (χ4v) is 4.85. The topological polar surface area (TPSA) is 119 Å². The van der Waals surface area contributed by atoms with E-state index >= 15 is 0 Å². The number of nitrogens with two attached hydrogens (primary N) is 1. The van der Waals surface area contributed by atoms with Crippen molar-refractivity contribution >= 4 is 17.6 Å². The van der Waals surface area contributed by atoms with Crippen LogP contribution in [0, 0.1) is 13.8 Å². The lowest BCUT2D eigenvalue weighted by atomic mass is 9.96. The zero-order valence-electron chi connectivity index (χ0n) is 21.4. The molecule has 2 aliphatic rings. The highest BCUT2D eigenvalue weighted by atomic mass is 16.5. The summed E-state index contributed by atoms with van der Waals surface area (Å²) in [6, 6.07) is 9.58. The number of likely N-dealkylation sites (tertiary alicyclic amines) is 1.